The van der Waals surface area contributed by atoms with Gasteiger partial charge in [0.25, 0.3) is 11.5 Å². The molecular formula is C20H24N4O3. The van der Waals surface area contributed by atoms with Crippen molar-refractivity contribution in [3.8, 4) is 0 Å². The molecule has 7 heteroatoms. The Balaban J connectivity index is 1.57. The van der Waals surface area contributed by atoms with Gasteiger partial charge >= 0.3 is 0 Å². The minimum Gasteiger partial charge on any atom is -0.442 e. The van der Waals surface area contributed by atoms with E-state index in [0.717, 1.165) is 19.5 Å². The fraction of sp³-hybridized carbons (Fsp3) is 0.350. The van der Waals surface area contributed by atoms with Gasteiger partial charge in [-0.05, 0) is 32.5 Å². The molecule has 2 aromatic heterocycles. The van der Waals surface area contributed by atoms with Crippen molar-refractivity contribution < 1.29 is 9.21 Å². The molecule has 3 rings (SSSR count). The Morgan fingerprint density at radius 3 is 2.78 bits per heavy atom. The van der Waals surface area contributed by atoms with Crippen LogP contribution in [0.5, 0.6) is 0 Å². The van der Waals surface area contributed by atoms with Crippen molar-refractivity contribution in [1.29, 1.82) is 0 Å². The Labute approximate surface area is 157 Å². The summed E-state index contributed by atoms with van der Waals surface area (Å²) in [6.45, 7) is 3.90. The van der Waals surface area contributed by atoms with Crippen LogP contribution in [0.3, 0.4) is 0 Å². The minimum absolute atomic E-state index is 0.198. The number of benzene rings is 1. The zero-order valence-electron chi connectivity index (χ0n) is 15.9. The van der Waals surface area contributed by atoms with Gasteiger partial charge in [0, 0.05) is 20.1 Å². The molecule has 0 aliphatic rings. The molecule has 0 atom stereocenters. The molecule has 0 saturated heterocycles. The number of amides is 1. The van der Waals surface area contributed by atoms with E-state index < -0.39 is 0 Å². The highest BCUT2D eigenvalue weighted by molar-refractivity contribution is 6.06. The quantitative estimate of drug-likeness (QED) is 0.646. The van der Waals surface area contributed by atoms with E-state index in [1.807, 2.05) is 18.2 Å². The zero-order chi connectivity index (χ0) is 19.4. The molecule has 0 aliphatic heterocycles. The fourth-order valence-corrected chi connectivity index (χ4v) is 3.07. The van der Waals surface area contributed by atoms with Gasteiger partial charge in [0.15, 0.2) is 0 Å². The molecule has 0 spiro atoms. The lowest BCUT2D eigenvalue weighted by Gasteiger charge is -2.16. The van der Waals surface area contributed by atoms with Crippen LogP contribution in [0, 0.1) is 6.92 Å². The monoisotopic (exact) mass is 368 g/mol. The minimum atomic E-state index is -0.304. The van der Waals surface area contributed by atoms with Crippen molar-refractivity contribution in [2.45, 2.75) is 19.9 Å². The lowest BCUT2D eigenvalue weighted by molar-refractivity contribution is 0.0951. The number of nitrogens with one attached hydrogen (secondary N) is 1. The van der Waals surface area contributed by atoms with Gasteiger partial charge in [-0.2, -0.15) is 0 Å². The molecular weight excluding hydrogens is 344 g/mol. The highest BCUT2D eigenvalue weighted by Gasteiger charge is 2.22. The Morgan fingerprint density at radius 2 is 2.04 bits per heavy atom. The summed E-state index contributed by atoms with van der Waals surface area (Å²) in [7, 11) is 3.65. The van der Waals surface area contributed by atoms with Crippen molar-refractivity contribution >= 4 is 17.0 Å². The Hall–Kier alpha value is -2.93. The second-order valence-electron chi connectivity index (χ2n) is 6.71. The van der Waals surface area contributed by atoms with Crippen molar-refractivity contribution in [3.05, 3.63) is 63.9 Å². The normalized spacial score (nSPS) is 11.3. The predicted molar refractivity (Wildman–Crippen MR) is 104 cm³/mol. The molecule has 0 radical (unpaired) electrons. The van der Waals surface area contributed by atoms with E-state index in [2.05, 4.69) is 34.4 Å². The number of aromatic nitrogens is 2. The van der Waals surface area contributed by atoms with E-state index in [0.29, 0.717) is 12.3 Å². The number of fused-ring (bicyclic) bond motifs is 1. The molecule has 27 heavy (non-hydrogen) atoms. The second kappa shape index (κ2) is 8.18. The first-order chi connectivity index (χ1) is 13.0. The van der Waals surface area contributed by atoms with Crippen LogP contribution < -0.4 is 10.9 Å². The maximum Gasteiger partial charge on any atom is 0.265 e. The van der Waals surface area contributed by atoms with Crippen molar-refractivity contribution in [2.24, 2.45) is 7.05 Å². The molecule has 1 N–H and O–H groups in total. The summed E-state index contributed by atoms with van der Waals surface area (Å²) in [6, 6.07) is 10.3. The van der Waals surface area contributed by atoms with Crippen LogP contribution in [0.4, 0.5) is 0 Å². The third kappa shape index (κ3) is 4.25. The first-order valence-electron chi connectivity index (χ1n) is 8.92. The number of furan rings is 1. The third-order valence-corrected chi connectivity index (χ3v) is 4.47. The van der Waals surface area contributed by atoms with Crippen molar-refractivity contribution in [2.75, 3.05) is 20.1 Å². The molecule has 0 unspecified atom stereocenters. The standard InChI is InChI=1S/C20H24N4O3/c1-14-16(17-19(27-14)22-13-24(3)20(17)26)18(25)21-10-7-11-23(2)12-15-8-5-4-6-9-15/h4-6,8-9,13H,7,10-12H2,1-3H3,(H,21,25). The molecule has 142 valence electrons. The number of hydrogen-bond acceptors (Lipinski definition) is 5. The van der Waals surface area contributed by atoms with E-state index in [-0.39, 0.29) is 28.1 Å². The number of nitrogens with zero attached hydrogens (tertiary/aromatic N) is 3. The summed E-state index contributed by atoms with van der Waals surface area (Å²) in [6.07, 6.45) is 2.19. The van der Waals surface area contributed by atoms with Gasteiger partial charge in [-0.3, -0.25) is 9.59 Å². The molecule has 2 heterocycles. The van der Waals surface area contributed by atoms with Gasteiger partial charge in [0.1, 0.15) is 17.5 Å². The SMILES string of the molecule is Cc1oc2ncn(C)c(=O)c2c1C(=O)NCCCN(C)Cc1ccccc1. The second-order valence-corrected chi connectivity index (χ2v) is 6.71. The number of carbonyl (C=O) groups excluding carboxylic acids is 1. The van der Waals surface area contributed by atoms with Gasteiger partial charge in [-0.15, -0.1) is 0 Å². The molecule has 1 aromatic carbocycles. The number of hydrogen-bond donors (Lipinski definition) is 1. The third-order valence-electron chi connectivity index (χ3n) is 4.47. The lowest BCUT2D eigenvalue weighted by atomic mass is 10.1. The molecule has 0 saturated carbocycles. The van der Waals surface area contributed by atoms with Crippen molar-refractivity contribution in [1.82, 2.24) is 19.8 Å². The molecule has 7 nitrogen and oxygen atoms in total. The molecule has 0 bridgehead atoms. The predicted octanol–water partition coefficient (Wildman–Crippen LogP) is 2.09. The average Bonchev–Trinajstić information content (AvgIpc) is 2.99. The fourth-order valence-electron chi connectivity index (χ4n) is 3.07. The number of rotatable bonds is 7. The van der Waals surface area contributed by atoms with Crippen LogP contribution in [0.15, 0.2) is 45.9 Å². The summed E-state index contributed by atoms with van der Waals surface area (Å²) in [5.74, 6) is 0.0987. The summed E-state index contributed by atoms with van der Waals surface area (Å²) >= 11 is 0. The summed E-state index contributed by atoms with van der Waals surface area (Å²) < 4.78 is 6.81. The first kappa shape index (κ1) is 18.8. The lowest BCUT2D eigenvalue weighted by Crippen LogP contribution is -2.29. The number of aryl methyl sites for hydroxylation is 2. The van der Waals surface area contributed by atoms with Gasteiger partial charge in [0.2, 0.25) is 5.71 Å². The van der Waals surface area contributed by atoms with Gasteiger partial charge < -0.3 is 19.2 Å². The topological polar surface area (TPSA) is 80.4 Å². The van der Waals surface area contributed by atoms with Crippen LogP contribution >= 0.6 is 0 Å². The largest absolute Gasteiger partial charge is 0.442 e. The summed E-state index contributed by atoms with van der Waals surface area (Å²) in [5.41, 5.74) is 1.44. The van der Waals surface area contributed by atoms with E-state index in [9.17, 15) is 9.59 Å². The highest BCUT2D eigenvalue weighted by Crippen LogP contribution is 2.20. The number of carbonyl (C=O) groups is 1. The van der Waals surface area contributed by atoms with Gasteiger partial charge in [0.05, 0.1) is 5.56 Å². The van der Waals surface area contributed by atoms with Crippen molar-refractivity contribution in [3.63, 3.8) is 0 Å². The van der Waals surface area contributed by atoms with E-state index in [1.54, 1.807) is 14.0 Å². The highest BCUT2D eigenvalue weighted by atomic mass is 16.3. The van der Waals surface area contributed by atoms with Crippen LogP contribution in [-0.2, 0) is 13.6 Å². The van der Waals surface area contributed by atoms with E-state index in [4.69, 9.17) is 4.42 Å². The first-order valence-corrected chi connectivity index (χ1v) is 8.92. The Morgan fingerprint density at radius 1 is 1.30 bits per heavy atom. The van der Waals surface area contributed by atoms with Gasteiger partial charge in [-0.1, -0.05) is 30.3 Å². The zero-order valence-corrected chi connectivity index (χ0v) is 15.9. The van der Waals surface area contributed by atoms with E-state index in [1.165, 1.54) is 16.5 Å². The van der Waals surface area contributed by atoms with Crippen LogP contribution in [0.2, 0.25) is 0 Å². The Bertz CT molecular complexity index is 992. The molecule has 0 fully saturated rings. The average molecular weight is 368 g/mol. The summed E-state index contributed by atoms with van der Waals surface area (Å²) in [4.78, 5) is 31.2. The van der Waals surface area contributed by atoms with Crippen LogP contribution in [0.1, 0.15) is 28.1 Å². The molecule has 3 aromatic rings. The van der Waals surface area contributed by atoms with E-state index >= 15 is 0 Å². The maximum atomic E-state index is 12.6. The molecule has 0 aliphatic carbocycles. The molecule has 1 amide bonds. The smallest absolute Gasteiger partial charge is 0.265 e. The van der Waals surface area contributed by atoms with Gasteiger partial charge in [-0.25, -0.2) is 4.98 Å². The maximum absolute atomic E-state index is 12.6. The Kier molecular flexibility index (Phi) is 5.71. The summed E-state index contributed by atoms with van der Waals surface area (Å²) in [5, 5.41) is 3.12. The van der Waals surface area contributed by atoms with Crippen LogP contribution in [-0.4, -0.2) is 40.5 Å². The van der Waals surface area contributed by atoms with Crippen LogP contribution in [0.25, 0.3) is 11.1 Å².